The van der Waals surface area contributed by atoms with E-state index in [1.54, 1.807) is 6.07 Å². The molecule has 2 rings (SSSR count). The van der Waals surface area contributed by atoms with Crippen molar-refractivity contribution in [2.75, 3.05) is 10.6 Å². The van der Waals surface area contributed by atoms with E-state index in [4.69, 9.17) is 0 Å². The van der Waals surface area contributed by atoms with Crippen molar-refractivity contribution >= 4 is 33.5 Å². The summed E-state index contributed by atoms with van der Waals surface area (Å²) in [6, 6.07) is 4.36. The standard InChI is InChI=1S/C12H10BrF3N4O/c1-20-9(11(15)16)5-10(19-20)18-12(21)17-8-3-2-6(13)4-7(8)14/h2-5,11H,1H3,(H2,17,18,19,21). The second-order valence-electron chi connectivity index (χ2n) is 4.08. The molecule has 0 saturated carbocycles. The Morgan fingerprint density at radius 2 is 2.05 bits per heavy atom. The van der Waals surface area contributed by atoms with Crippen LogP contribution in [0, 0.1) is 5.82 Å². The van der Waals surface area contributed by atoms with Crippen molar-refractivity contribution in [2.24, 2.45) is 7.05 Å². The quantitative estimate of drug-likeness (QED) is 0.869. The smallest absolute Gasteiger partial charge is 0.305 e. The number of carbonyl (C=O) groups excluding carboxylic acids is 1. The number of urea groups is 1. The number of hydrogen-bond donors (Lipinski definition) is 2. The Hall–Kier alpha value is -2.03. The van der Waals surface area contributed by atoms with Crippen LogP contribution in [-0.4, -0.2) is 15.8 Å². The van der Waals surface area contributed by atoms with Gasteiger partial charge in [0.25, 0.3) is 6.43 Å². The summed E-state index contributed by atoms with van der Waals surface area (Å²) in [6.45, 7) is 0. The fraction of sp³-hybridized carbons (Fsp3) is 0.167. The molecule has 0 unspecified atom stereocenters. The molecule has 1 aromatic carbocycles. The van der Waals surface area contributed by atoms with Crippen molar-refractivity contribution in [1.29, 1.82) is 0 Å². The first-order chi connectivity index (χ1) is 9.86. The normalized spacial score (nSPS) is 10.8. The number of hydrogen-bond acceptors (Lipinski definition) is 2. The molecule has 0 atom stereocenters. The molecule has 112 valence electrons. The largest absolute Gasteiger partial charge is 0.324 e. The van der Waals surface area contributed by atoms with Gasteiger partial charge in [0.2, 0.25) is 0 Å². The van der Waals surface area contributed by atoms with Gasteiger partial charge >= 0.3 is 6.03 Å². The first kappa shape index (κ1) is 15.4. The van der Waals surface area contributed by atoms with E-state index in [-0.39, 0.29) is 17.2 Å². The minimum atomic E-state index is -2.70. The fourth-order valence-corrected chi connectivity index (χ4v) is 1.94. The van der Waals surface area contributed by atoms with Gasteiger partial charge < -0.3 is 5.32 Å². The van der Waals surface area contributed by atoms with Gasteiger partial charge in [-0.2, -0.15) is 5.10 Å². The molecule has 1 aromatic heterocycles. The number of amides is 2. The third-order valence-electron chi connectivity index (χ3n) is 2.56. The molecule has 0 aliphatic carbocycles. The summed E-state index contributed by atoms with van der Waals surface area (Å²) in [5, 5.41) is 8.23. The number of carbonyl (C=O) groups is 1. The predicted molar refractivity (Wildman–Crippen MR) is 74.9 cm³/mol. The van der Waals surface area contributed by atoms with E-state index in [9.17, 15) is 18.0 Å². The third kappa shape index (κ3) is 3.75. The molecular weight excluding hydrogens is 353 g/mol. The van der Waals surface area contributed by atoms with Crippen LogP contribution in [-0.2, 0) is 7.05 Å². The van der Waals surface area contributed by atoms with Crippen LogP contribution in [0.4, 0.5) is 29.5 Å². The second-order valence-corrected chi connectivity index (χ2v) is 5.00. The van der Waals surface area contributed by atoms with Crippen LogP contribution in [0.5, 0.6) is 0 Å². The molecule has 2 N–H and O–H groups in total. The molecule has 1 heterocycles. The summed E-state index contributed by atoms with van der Waals surface area (Å²) >= 11 is 3.09. The Balaban J connectivity index is 2.06. The lowest BCUT2D eigenvalue weighted by atomic mass is 10.3. The summed E-state index contributed by atoms with van der Waals surface area (Å²) in [4.78, 5) is 11.7. The molecule has 0 bridgehead atoms. The summed E-state index contributed by atoms with van der Waals surface area (Å²) in [5.41, 5.74) is -0.374. The van der Waals surface area contributed by atoms with E-state index < -0.39 is 18.3 Å². The average molecular weight is 363 g/mol. The molecule has 0 aliphatic rings. The fourth-order valence-electron chi connectivity index (χ4n) is 1.61. The number of halogens is 4. The average Bonchev–Trinajstić information content (AvgIpc) is 2.74. The number of aromatic nitrogens is 2. The van der Waals surface area contributed by atoms with E-state index in [2.05, 4.69) is 31.7 Å². The van der Waals surface area contributed by atoms with Gasteiger partial charge in [0.1, 0.15) is 11.5 Å². The van der Waals surface area contributed by atoms with Crippen LogP contribution in [0.3, 0.4) is 0 Å². The van der Waals surface area contributed by atoms with Gasteiger partial charge in [-0.3, -0.25) is 10.00 Å². The maximum atomic E-state index is 13.5. The summed E-state index contributed by atoms with van der Waals surface area (Å²) in [5.74, 6) is -0.684. The maximum Gasteiger partial charge on any atom is 0.324 e. The van der Waals surface area contributed by atoms with Gasteiger partial charge in [0, 0.05) is 17.6 Å². The predicted octanol–water partition coefficient (Wildman–Crippen LogP) is 3.90. The highest BCUT2D eigenvalue weighted by atomic mass is 79.9. The Morgan fingerprint density at radius 1 is 1.33 bits per heavy atom. The van der Waals surface area contributed by atoms with Gasteiger partial charge in [-0.25, -0.2) is 18.0 Å². The molecule has 0 fully saturated rings. The van der Waals surface area contributed by atoms with Crippen LogP contribution in [0.2, 0.25) is 0 Å². The van der Waals surface area contributed by atoms with Crippen LogP contribution in [0.15, 0.2) is 28.7 Å². The Bertz CT molecular complexity index is 675. The SMILES string of the molecule is Cn1nc(NC(=O)Nc2ccc(Br)cc2F)cc1C(F)F. The van der Waals surface area contributed by atoms with Crippen LogP contribution in [0.1, 0.15) is 12.1 Å². The third-order valence-corrected chi connectivity index (χ3v) is 3.05. The zero-order valence-electron chi connectivity index (χ0n) is 10.7. The molecule has 21 heavy (non-hydrogen) atoms. The molecule has 5 nitrogen and oxygen atoms in total. The molecule has 0 radical (unpaired) electrons. The maximum absolute atomic E-state index is 13.5. The molecule has 9 heteroatoms. The van der Waals surface area contributed by atoms with Crippen molar-refractivity contribution in [1.82, 2.24) is 9.78 Å². The molecule has 0 spiro atoms. The second kappa shape index (κ2) is 6.17. The molecule has 0 aliphatic heterocycles. The topological polar surface area (TPSA) is 59.0 Å². The highest BCUT2D eigenvalue weighted by Crippen LogP contribution is 2.22. The van der Waals surface area contributed by atoms with E-state index in [1.165, 1.54) is 19.2 Å². The minimum absolute atomic E-state index is 0.0410. The zero-order chi connectivity index (χ0) is 15.6. The van der Waals surface area contributed by atoms with Crippen LogP contribution in [0.25, 0.3) is 0 Å². The van der Waals surface area contributed by atoms with Crippen molar-refractivity contribution in [3.8, 4) is 0 Å². The Labute approximate surface area is 126 Å². The van der Waals surface area contributed by atoms with Crippen molar-refractivity contribution in [3.05, 3.63) is 40.2 Å². The van der Waals surface area contributed by atoms with Gasteiger partial charge in [-0.05, 0) is 18.2 Å². The first-order valence-electron chi connectivity index (χ1n) is 5.72. The van der Waals surface area contributed by atoms with E-state index in [0.717, 1.165) is 10.7 Å². The van der Waals surface area contributed by atoms with Crippen molar-refractivity contribution < 1.29 is 18.0 Å². The van der Waals surface area contributed by atoms with E-state index in [1.807, 2.05) is 0 Å². The summed E-state index contributed by atoms with van der Waals surface area (Å²) in [7, 11) is 1.33. The number of benzene rings is 1. The Morgan fingerprint density at radius 3 is 2.62 bits per heavy atom. The van der Waals surface area contributed by atoms with Gasteiger partial charge in [0.05, 0.1) is 5.69 Å². The lowest BCUT2D eigenvalue weighted by Crippen LogP contribution is -2.20. The van der Waals surface area contributed by atoms with Crippen LogP contribution >= 0.6 is 15.9 Å². The van der Waals surface area contributed by atoms with Crippen LogP contribution < -0.4 is 10.6 Å². The van der Waals surface area contributed by atoms with Crippen molar-refractivity contribution in [2.45, 2.75) is 6.43 Å². The van der Waals surface area contributed by atoms with Gasteiger partial charge in [-0.15, -0.1) is 0 Å². The number of aryl methyl sites for hydroxylation is 1. The number of nitrogens with one attached hydrogen (secondary N) is 2. The number of anilines is 2. The van der Waals surface area contributed by atoms with E-state index >= 15 is 0 Å². The van der Waals surface area contributed by atoms with Crippen molar-refractivity contribution in [3.63, 3.8) is 0 Å². The highest BCUT2D eigenvalue weighted by Gasteiger charge is 2.16. The first-order valence-corrected chi connectivity index (χ1v) is 6.51. The number of nitrogens with zero attached hydrogens (tertiary/aromatic N) is 2. The number of alkyl halides is 2. The lowest BCUT2D eigenvalue weighted by Gasteiger charge is -2.06. The summed E-state index contributed by atoms with van der Waals surface area (Å²) in [6.07, 6.45) is -2.70. The van der Waals surface area contributed by atoms with Gasteiger partial charge in [0.15, 0.2) is 5.82 Å². The zero-order valence-corrected chi connectivity index (χ0v) is 12.3. The monoisotopic (exact) mass is 362 g/mol. The molecule has 2 amide bonds. The lowest BCUT2D eigenvalue weighted by molar-refractivity contribution is 0.141. The van der Waals surface area contributed by atoms with Gasteiger partial charge in [-0.1, -0.05) is 15.9 Å². The number of rotatable bonds is 3. The Kier molecular flexibility index (Phi) is 4.51. The minimum Gasteiger partial charge on any atom is -0.305 e. The molecular formula is C12H10BrF3N4O. The highest BCUT2D eigenvalue weighted by molar-refractivity contribution is 9.10. The summed E-state index contributed by atoms with van der Waals surface area (Å²) < 4.78 is 40.2. The molecule has 2 aromatic rings. The molecule has 0 saturated heterocycles. The van der Waals surface area contributed by atoms with E-state index in [0.29, 0.717) is 4.47 Å².